The number of methoxy groups -OCH3 is 1. The fourth-order valence-corrected chi connectivity index (χ4v) is 4.58. The Bertz CT molecular complexity index is 655. The average Bonchev–Trinajstić information content (AvgIpc) is 2.72. The normalized spacial score (nSPS) is 25.6. The number of piperidine rings is 2. The van der Waals surface area contributed by atoms with Crippen molar-refractivity contribution in [2.45, 2.75) is 49.7 Å². The van der Waals surface area contributed by atoms with E-state index >= 15 is 0 Å². The molecule has 2 saturated heterocycles. The number of rotatable bonds is 8. The van der Waals surface area contributed by atoms with E-state index in [-0.39, 0.29) is 11.5 Å². The van der Waals surface area contributed by atoms with Crippen molar-refractivity contribution < 1.29 is 14.6 Å². The van der Waals surface area contributed by atoms with Gasteiger partial charge in [0.1, 0.15) is 0 Å². The maximum Gasteiger partial charge on any atom is 0.255 e. The molecule has 2 fully saturated rings. The van der Waals surface area contributed by atoms with Gasteiger partial charge in [0.15, 0.2) is 5.60 Å². The van der Waals surface area contributed by atoms with Crippen molar-refractivity contribution in [1.82, 2.24) is 9.80 Å². The minimum absolute atomic E-state index is 0.107. The molecule has 0 bridgehead atoms. The standard InChI is InChI=1S/C23H34N2O3/c1-3-11-22(28-2)13-17-24(18-14-22)19-23(27)12-7-15-25(21(23)26)16-10-20-8-5-4-6-9-20/h3-6,8-9,27H,1,7,10-19H2,2H3/t23-/m0/s1. The van der Waals surface area contributed by atoms with Gasteiger partial charge in [0, 0.05) is 39.8 Å². The lowest BCUT2D eigenvalue weighted by atomic mass is 9.85. The van der Waals surface area contributed by atoms with Gasteiger partial charge in [-0.15, -0.1) is 6.58 Å². The highest BCUT2D eigenvalue weighted by atomic mass is 16.5. The Labute approximate surface area is 169 Å². The van der Waals surface area contributed by atoms with Crippen LogP contribution in [0.5, 0.6) is 0 Å². The van der Waals surface area contributed by atoms with Gasteiger partial charge in [0.25, 0.3) is 5.91 Å². The molecule has 1 aromatic rings. The van der Waals surface area contributed by atoms with Crippen LogP contribution < -0.4 is 0 Å². The molecule has 0 aromatic heterocycles. The Morgan fingerprint density at radius 1 is 1.18 bits per heavy atom. The molecule has 2 heterocycles. The lowest BCUT2D eigenvalue weighted by Crippen LogP contribution is -2.60. The molecule has 5 heteroatoms. The lowest BCUT2D eigenvalue weighted by molar-refractivity contribution is -0.161. The molecule has 2 aliphatic heterocycles. The van der Waals surface area contributed by atoms with Crippen molar-refractivity contribution in [3.63, 3.8) is 0 Å². The molecule has 0 radical (unpaired) electrons. The summed E-state index contributed by atoms with van der Waals surface area (Å²) >= 11 is 0. The molecule has 5 nitrogen and oxygen atoms in total. The van der Waals surface area contributed by atoms with Gasteiger partial charge in [-0.3, -0.25) is 9.69 Å². The summed E-state index contributed by atoms with van der Waals surface area (Å²) in [6.45, 7) is 7.33. The average molecular weight is 387 g/mol. The van der Waals surface area contributed by atoms with Crippen molar-refractivity contribution in [3.05, 3.63) is 48.6 Å². The van der Waals surface area contributed by atoms with Gasteiger partial charge >= 0.3 is 0 Å². The summed E-state index contributed by atoms with van der Waals surface area (Å²) in [6.07, 6.45) is 6.78. The largest absolute Gasteiger partial charge is 0.379 e. The minimum atomic E-state index is -1.26. The molecule has 1 N–H and O–H groups in total. The molecule has 0 saturated carbocycles. The zero-order valence-electron chi connectivity index (χ0n) is 17.1. The predicted octanol–water partition coefficient (Wildman–Crippen LogP) is 2.64. The van der Waals surface area contributed by atoms with Crippen LogP contribution in [0.3, 0.4) is 0 Å². The van der Waals surface area contributed by atoms with E-state index in [0.717, 1.165) is 51.7 Å². The second-order valence-corrected chi connectivity index (χ2v) is 8.32. The van der Waals surface area contributed by atoms with Crippen molar-refractivity contribution >= 4 is 5.91 Å². The first-order valence-electron chi connectivity index (χ1n) is 10.4. The molecule has 1 amide bonds. The molecule has 0 spiro atoms. The first-order chi connectivity index (χ1) is 13.5. The number of carbonyl (C=O) groups excluding carboxylic acids is 1. The van der Waals surface area contributed by atoms with Gasteiger partial charge in [0.05, 0.1) is 5.60 Å². The van der Waals surface area contributed by atoms with Crippen molar-refractivity contribution in [2.24, 2.45) is 0 Å². The van der Waals surface area contributed by atoms with Crippen LogP contribution in [-0.4, -0.2) is 71.8 Å². The summed E-state index contributed by atoms with van der Waals surface area (Å²) < 4.78 is 5.76. The van der Waals surface area contributed by atoms with Gasteiger partial charge in [-0.2, -0.15) is 0 Å². The second kappa shape index (κ2) is 9.21. The molecular weight excluding hydrogens is 352 g/mol. The summed E-state index contributed by atoms with van der Waals surface area (Å²) in [7, 11) is 1.77. The highest BCUT2D eigenvalue weighted by Gasteiger charge is 2.44. The second-order valence-electron chi connectivity index (χ2n) is 8.32. The van der Waals surface area contributed by atoms with E-state index in [2.05, 4.69) is 23.6 Å². The summed E-state index contributed by atoms with van der Waals surface area (Å²) in [5, 5.41) is 11.2. The maximum atomic E-state index is 13.0. The molecular formula is C23H34N2O3. The molecule has 28 heavy (non-hydrogen) atoms. The third-order valence-electron chi connectivity index (χ3n) is 6.42. The van der Waals surface area contributed by atoms with Crippen LogP contribution >= 0.6 is 0 Å². The zero-order valence-corrected chi connectivity index (χ0v) is 17.1. The van der Waals surface area contributed by atoms with Crippen LogP contribution in [0.4, 0.5) is 0 Å². The highest BCUT2D eigenvalue weighted by Crippen LogP contribution is 2.32. The van der Waals surface area contributed by atoms with Gasteiger partial charge in [0.2, 0.25) is 0 Å². The van der Waals surface area contributed by atoms with Gasteiger partial charge in [-0.05, 0) is 44.1 Å². The topological polar surface area (TPSA) is 53.0 Å². The minimum Gasteiger partial charge on any atom is -0.379 e. The number of carbonyl (C=O) groups is 1. The Balaban J connectivity index is 1.56. The molecule has 1 atom stereocenters. The van der Waals surface area contributed by atoms with Crippen molar-refractivity contribution in [2.75, 3.05) is 39.8 Å². The van der Waals surface area contributed by atoms with Crippen molar-refractivity contribution in [3.8, 4) is 0 Å². The number of likely N-dealkylation sites (tertiary alicyclic amines) is 2. The molecule has 0 unspecified atom stereocenters. The molecule has 154 valence electrons. The number of nitrogens with zero attached hydrogens (tertiary/aromatic N) is 2. The molecule has 0 aliphatic carbocycles. The Kier molecular flexibility index (Phi) is 6.91. The van der Waals surface area contributed by atoms with Gasteiger partial charge in [-0.25, -0.2) is 0 Å². The van der Waals surface area contributed by atoms with E-state index in [1.165, 1.54) is 5.56 Å². The molecule has 3 rings (SSSR count). The molecule has 2 aliphatic rings. The summed E-state index contributed by atoms with van der Waals surface area (Å²) in [4.78, 5) is 17.1. The Morgan fingerprint density at radius 2 is 1.89 bits per heavy atom. The first-order valence-corrected chi connectivity index (χ1v) is 10.4. The monoisotopic (exact) mass is 386 g/mol. The number of β-amino-alcohol motifs (C(OH)–C–C–N with tert-alkyl or cyclic N) is 1. The quantitative estimate of drug-likeness (QED) is 0.698. The van der Waals surface area contributed by atoms with Gasteiger partial charge in [-0.1, -0.05) is 36.4 Å². The van der Waals surface area contributed by atoms with Crippen molar-refractivity contribution in [1.29, 1.82) is 0 Å². The van der Waals surface area contributed by atoms with Crippen LogP contribution in [0.1, 0.15) is 37.7 Å². The van der Waals surface area contributed by atoms with E-state index in [0.29, 0.717) is 19.5 Å². The van der Waals surface area contributed by atoms with E-state index in [1.54, 1.807) is 7.11 Å². The fourth-order valence-electron chi connectivity index (χ4n) is 4.58. The number of hydrogen-bond acceptors (Lipinski definition) is 4. The Hall–Kier alpha value is -1.69. The van der Waals surface area contributed by atoms with E-state index in [9.17, 15) is 9.90 Å². The Morgan fingerprint density at radius 3 is 2.54 bits per heavy atom. The van der Waals surface area contributed by atoms with E-state index < -0.39 is 5.60 Å². The third-order valence-corrected chi connectivity index (χ3v) is 6.42. The molecule has 1 aromatic carbocycles. The number of ether oxygens (including phenoxy) is 1. The predicted molar refractivity (Wildman–Crippen MR) is 111 cm³/mol. The summed E-state index contributed by atoms with van der Waals surface area (Å²) in [5.74, 6) is -0.107. The summed E-state index contributed by atoms with van der Waals surface area (Å²) in [5.41, 5.74) is -0.182. The number of amides is 1. The number of aliphatic hydroxyl groups is 1. The highest BCUT2D eigenvalue weighted by molar-refractivity contribution is 5.86. The number of hydrogen-bond donors (Lipinski definition) is 1. The first kappa shape index (κ1) is 21.0. The summed E-state index contributed by atoms with van der Waals surface area (Å²) in [6, 6.07) is 10.2. The lowest BCUT2D eigenvalue weighted by Gasteiger charge is -2.45. The fraction of sp³-hybridized carbons (Fsp3) is 0.609. The van der Waals surface area contributed by atoms with Crippen LogP contribution in [0.2, 0.25) is 0 Å². The SMILES string of the molecule is C=CCC1(OC)CCN(C[C@@]2(O)CCCN(CCc3ccccc3)C2=O)CC1. The smallest absolute Gasteiger partial charge is 0.255 e. The van der Waals surface area contributed by atoms with Crippen LogP contribution in [0.25, 0.3) is 0 Å². The zero-order chi connectivity index (χ0) is 20.0. The van der Waals surface area contributed by atoms with Gasteiger partial charge < -0.3 is 14.7 Å². The van der Waals surface area contributed by atoms with E-state index in [4.69, 9.17) is 4.74 Å². The van der Waals surface area contributed by atoms with E-state index in [1.807, 2.05) is 29.2 Å². The van der Waals surface area contributed by atoms with Crippen LogP contribution in [0, 0.1) is 0 Å². The number of benzene rings is 1. The van der Waals surface area contributed by atoms with Crippen LogP contribution in [-0.2, 0) is 16.0 Å². The van der Waals surface area contributed by atoms with Crippen LogP contribution in [0.15, 0.2) is 43.0 Å². The third kappa shape index (κ3) is 4.83. The maximum absolute atomic E-state index is 13.0.